The SMILES string of the molecule is Cc1nc2c(O)cc(C#CCCc3ccn[nH]3)cc2s1. The van der Waals surface area contributed by atoms with Crippen LogP contribution in [0.2, 0.25) is 0 Å². The van der Waals surface area contributed by atoms with Crippen molar-refractivity contribution in [2.24, 2.45) is 0 Å². The first-order chi connectivity index (χ1) is 9.72. The van der Waals surface area contributed by atoms with E-state index in [2.05, 4.69) is 27.0 Å². The summed E-state index contributed by atoms with van der Waals surface area (Å²) in [6.45, 7) is 1.93. The van der Waals surface area contributed by atoms with Gasteiger partial charge in [0, 0.05) is 30.3 Å². The minimum absolute atomic E-state index is 0.199. The van der Waals surface area contributed by atoms with E-state index in [4.69, 9.17) is 0 Å². The fourth-order valence-electron chi connectivity index (χ4n) is 1.98. The van der Waals surface area contributed by atoms with Crippen molar-refractivity contribution >= 4 is 21.6 Å². The number of aryl methyl sites for hydroxylation is 2. The first-order valence-electron chi connectivity index (χ1n) is 6.29. The molecule has 20 heavy (non-hydrogen) atoms. The molecule has 0 bridgehead atoms. The van der Waals surface area contributed by atoms with Crippen molar-refractivity contribution in [3.05, 3.63) is 40.7 Å². The summed E-state index contributed by atoms with van der Waals surface area (Å²) in [4.78, 5) is 4.29. The molecule has 0 saturated heterocycles. The molecule has 0 aliphatic carbocycles. The number of phenolic OH excluding ortho intramolecular Hbond substituents is 1. The highest BCUT2D eigenvalue weighted by atomic mass is 32.1. The number of phenols is 1. The van der Waals surface area contributed by atoms with Crippen molar-refractivity contribution in [1.29, 1.82) is 0 Å². The second kappa shape index (κ2) is 5.35. The van der Waals surface area contributed by atoms with E-state index in [-0.39, 0.29) is 5.75 Å². The summed E-state index contributed by atoms with van der Waals surface area (Å²) in [7, 11) is 0. The lowest BCUT2D eigenvalue weighted by atomic mass is 10.2. The van der Waals surface area contributed by atoms with E-state index in [1.165, 1.54) is 0 Å². The molecule has 0 amide bonds. The molecule has 3 aromatic rings. The van der Waals surface area contributed by atoms with Crippen LogP contribution >= 0.6 is 11.3 Å². The molecule has 3 rings (SSSR count). The molecule has 4 nitrogen and oxygen atoms in total. The molecular formula is C15H13N3OS. The maximum Gasteiger partial charge on any atom is 0.143 e. The van der Waals surface area contributed by atoms with E-state index in [9.17, 15) is 5.11 Å². The minimum atomic E-state index is 0.199. The van der Waals surface area contributed by atoms with E-state index in [0.29, 0.717) is 5.52 Å². The topological polar surface area (TPSA) is 61.8 Å². The number of nitrogens with one attached hydrogen (secondary N) is 1. The zero-order chi connectivity index (χ0) is 13.9. The maximum absolute atomic E-state index is 9.94. The summed E-state index contributed by atoms with van der Waals surface area (Å²) in [6.07, 6.45) is 3.34. The summed E-state index contributed by atoms with van der Waals surface area (Å²) in [6, 6.07) is 5.59. The van der Waals surface area contributed by atoms with Crippen molar-refractivity contribution in [2.75, 3.05) is 0 Å². The van der Waals surface area contributed by atoms with Gasteiger partial charge >= 0.3 is 0 Å². The number of aromatic amines is 1. The van der Waals surface area contributed by atoms with E-state index < -0.39 is 0 Å². The Morgan fingerprint density at radius 2 is 2.30 bits per heavy atom. The number of hydrogen-bond acceptors (Lipinski definition) is 4. The summed E-state index contributed by atoms with van der Waals surface area (Å²) in [5.74, 6) is 6.40. The predicted molar refractivity (Wildman–Crippen MR) is 79.8 cm³/mol. The van der Waals surface area contributed by atoms with Crippen LogP contribution in [0.15, 0.2) is 24.4 Å². The van der Waals surface area contributed by atoms with Gasteiger partial charge in [-0.05, 0) is 25.1 Å². The highest BCUT2D eigenvalue weighted by Gasteiger charge is 2.06. The lowest BCUT2D eigenvalue weighted by Crippen LogP contribution is -1.83. The molecule has 0 fully saturated rings. The number of thiazole rings is 1. The number of nitrogens with zero attached hydrogens (tertiary/aromatic N) is 2. The van der Waals surface area contributed by atoms with E-state index in [0.717, 1.165) is 33.8 Å². The molecule has 0 atom stereocenters. The zero-order valence-corrected chi connectivity index (χ0v) is 11.8. The third-order valence-electron chi connectivity index (χ3n) is 2.89. The van der Waals surface area contributed by atoms with Gasteiger partial charge in [0.25, 0.3) is 0 Å². The number of fused-ring (bicyclic) bond motifs is 1. The van der Waals surface area contributed by atoms with Crippen LogP contribution in [0, 0.1) is 18.8 Å². The van der Waals surface area contributed by atoms with Crippen LogP contribution in [-0.2, 0) is 6.42 Å². The Balaban J connectivity index is 1.77. The number of rotatable bonds is 2. The molecular weight excluding hydrogens is 270 g/mol. The summed E-state index contributed by atoms with van der Waals surface area (Å²) < 4.78 is 0.973. The average molecular weight is 283 g/mol. The second-order valence-corrected chi connectivity index (χ2v) is 5.69. The van der Waals surface area contributed by atoms with Crippen LogP contribution in [0.25, 0.3) is 10.2 Å². The third kappa shape index (κ3) is 2.65. The quantitative estimate of drug-likeness (QED) is 0.711. The smallest absolute Gasteiger partial charge is 0.143 e. The summed E-state index contributed by atoms with van der Waals surface area (Å²) in [5.41, 5.74) is 2.56. The molecule has 0 spiro atoms. The van der Waals surface area contributed by atoms with E-state index in [1.807, 2.05) is 19.1 Å². The molecule has 0 radical (unpaired) electrons. The van der Waals surface area contributed by atoms with Crippen LogP contribution in [0.4, 0.5) is 0 Å². The Bertz CT molecular complexity index is 794. The van der Waals surface area contributed by atoms with E-state index in [1.54, 1.807) is 23.6 Å². The molecule has 2 N–H and O–H groups in total. The molecule has 100 valence electrons. The lowest BCUT2D eigenvalue weighted by molar-refractivity contribution is 0.480. The van der Waals surface area contributed by atoms with Crippen LogP contribution in [0.3, 0.4) is 0 Å². The van der Waals surface area contributed by atoms with Crippen LogP contribution in [0.5, 0.6) is 5.75 Å². The largest absolute Gasteiger partial charge is 0.506 e. The summed E-state index contributed by atoms with van der Waals surface area (Å²) in [5, 5.41) is 17.7. The Hall–Kier alpha value is -2.32. The molecule has 0 unspecified atom stereocenters. The Labute approximate surface area is 120 Å². The fourth-order valence-corrected chi connectivity index (χ4v) is 2.87. The summed E-state index contributed by atoms with van der Waals surface area (Å²) >= 11 is 1.57. The van der Waals surface area contributed by atoms with Gasteiger partial charge in [0.15, 0.2) is 0 Å². The Kier molecular flexibility index (Phi) is 3.40. The zero-order valence-electron chi connectivity index (χ0n) is 11.0. The number of benzene rings is 1. The molecule has 2 heterocycles. The van der Waals surface area contributed by atoms with Crippen molar-refractivity contribution in [3.8, 4) is 17.6 Å². The molecule has 0 aliphatic rings. The van der Waals surface area contributed by atoms with E-state index >= 15 is 0 Å². The van der Waals surface area contributed by atoms with Crippen molar-refractivity contribution in [3.63, 3.8) is 0 Å². The molecule has 1 aromatic carbocycles. The van der Waals surface area contributed by atoms with Gasteiger partial charge in [-0.2, -0.15) is 5.10 Å². The molecule has 5 heteroatoms. The van der Waals surface area contributed by atoms with Gasteiger partial charge in [0.05, 0.1) is 9.71 Å². The second-order valence-electron chi connectivity index (χ2n) is 4.46. The normalized spacial score (nSPS) is 10.4. The fraction of sp³-hybridized carbons (Fsp3) is 0.200. The molecule has 0 aliphatic heterocycles. The minimum Gasteiger partial charge on any atom is -0.506 e. The van der Waals surface area contributed by atoms with Crippen LogP contribution in [-0.4, -0.2) is 20.3 Å². The molecule has 0 saturated carbocycles. The number of hydrogen-bond donors (Lipinski definition) is 2. The maximum atomic E-state index is 9.94. The predicted octanol–water partition coefficient (Wildman–Crippen LogP) is 3.02. The number of aromatic hydroxyl groups is 1. The van der Waals surface area contributed by atoms with Crippen LogP contribution in [0.1, 0.15) is 22.7 Å². The Morgan fingerprint density at radius 1 is 1.40 bits per heavy atom. The number of H-pyrrole nitrogens is 1. The highest BCUT2D eigenvalue weighted by molar-refractivity contribution is 7.18. The molecule has 2 aromatic heterocycles. The first kappa shape index (κ1) is 12.7. The van der Waals surface area contributed by atoms with Gasteiger partial charge in [-0.3, -0.25) is 5.10 Å². The van der Waals surface area contributed by atoms with Gasteiger partial charge in [0.2, 0.25) is 0 Å². The van der Waals surface area contributed by atoms with Gasteiger partial charge in [0.1, 0.15) is 11.3 Å². The lowest BCUT2D eigenvalue weighted by Gasteiger charge is -1.95. The monoisotopic (exact) mass is 283 g/mol. The standard InChI is InChI=1S/C15H13N3OS/c1-10-17-15-13(19)8-11(9-14(15)20-10)4-2-3-5-12-6-7-16-18-12/h6-9,19H,3,5H2,1H3,(H,16,18). The van der Waals surface area contributed by atoms with Gasteiger partial charge in [-0.1, -0.05) is 11.8 Å². The van der Waals surface area contributed by atoms with Crippen LogP contribution < -0.4 is 0 Å². The number of aromatic nitrogens is 3. The third-order valence-corrected chi connectivity index (χ3v) is 3.81. The van der Waals surface area contributed by atoms with Gasteiger partial charge < -0.3 is 5.11 Å². The first-order valence-corrected chi connectivity index (χ1v) is 7.11. The average Bonchev–Trinajstić information content (AvgIpc) is 3.03. The van der Waals surface area contributed by atoms with Gasteiger partial charge in [-0.25, -0.2) is 4.98 Å². The van der Waals surface area contributed by atoms with Crippen molar-refractivity contribution in [2.45, 2.75) is 19.8 Å². The van der Waals surface area contributed by atoms with Crippen molar-refractivity contribution < 1.29 is 5.11 Å². The highest BCUT2D eigenvalue weighted by Crippen LogP contribution is 2.30. The van der Waals surface area contributed by atoms with Crippen molar-refractivity contribution in [1.82, 2.24) is 15.2 Å². The van der Waals surface area contributed by atoms with Gasteiger partial charge in [-0.15, -0.1) is 11.3 Å². The Morgan fingerprint density at radius 3 is 3.10 bits per heavy atom.